The van der Waals surface area contributed by atoms with Gasteiger partial charge in [0.2, 0.25) is 5.91 Å². The number of carbonyl (C=O) groups is 1. The Balaban J connectivity index is 0.00000300. The predicted molar refractivity (Wildman–Crippen MR) is 130 cm³/mol. The summed E-state index contributed by atoms with van der Waals surface area (Å²) in [7, 11) is 4.37. The Labute approximate surface area is 191 Å². The van der Waals surface area contributed by atoms with Crippen molar-refractivity contribution < 1.29 is 4.79 Å². The molecule has 2 heterocycles. The highest BCUT2D eigenvalue weighted by atomic mass is 127. The van der Waals surface area contributed by atoms with E-state index in [-0.39, 0.29) is 29.9 Å². The lowest BCUT2D eigenvalue weighted by atomic mass is 10.2. The van der Waals surface area contributed by atoms with E-state index in [1.807, 2.05) is 17.0 Å². The van der Waals surface area contributed by atoms with E-state index in [0.29, 0.717) is 19.0 Å². The summed E-state index contributed by atoms with van der Waals surface area (Å²) in [5, 5.41) is 6.83. The number of hydrogen-bond donors (Lipinski definition) is 2. The number of piperazine rings is 1. The lowest BCUT2D eigenvalue weighted by molar-refractivity contribution is -0.117. The van der Waals surface area contributed by atoms with Gasteiger partial charge in [-0.3, -0.25) is 9.69 Å². The first kappa shape index (κ1) is 23.9. The monoisotopic (exact) mass is 514 g/mol. The molecule has 0 bridgehead atoms. The van der Waals surface area contributed by atoms with Gasteiger partial charge >= 0.3 is 0 Å². The number of aliphatic imine (C=N–C) groups is 1. The molecule has 29 heavy (non-hydrogen) atoms. The molecule has 0 saturated carbocycles. The van der Waals surface area contributed by atoms with E-state index in [1.165, 1.54) is 0 Å². The van der Waals surface area contributed by atoms with E-state index < -0.39 is 0 Å². The highest BCUT2D eigenvalue weighted by molar-refractivity contribution is 14.0. The van der Waals surface area contributed by atoms with Crippen LogP contribution in [-0.2, 0) is 11.3 Å². The molecule has 3 rings (SSSR count). The number of rotatable bonds is 6. The molecule has 1 atom stereocenters. The van der Waals surface area contributed by atoms with Gasteiger partial charge in [-0.1, -0.05) is 12.1 Å². The third kappa shape index (κ3) is 6.82. The van der Waals surface area contributed by atoms with Crippen molar-refractivity contribution in [2.45, 2.75) is 32.4 Å². The van der Waals surface area contributed by atoms with Crippen molar-refractivity contribution in [1.29, 1.82) is 0 Å². The van der Waals surface area contributed by atoms with Crippen LogP contribution in [0.15, 0.2) is 29.3 Å². The molecule has 0 aromatic heterocycles. The number of carbonyl (C=O) groups excluding carboxylic acids is 1. The van der Waals surface area contributed by atoms with Crippen molar-refractivity contribution in [3.05, 3.63) is 29.8 Å². The van der Waals surface area contributed by atoms with Gasteiger partial charge in [-0.15, -0.1) is 24.0 Å². The summed E-state index contributed by atoms with van der Waals surface area (Å²) in [5.41, 5.74) is 2.13. The van der Waals surface area contributed by atoms with Gasteiger partial charge in [-0.25, -0.2) is 4.99 Å². The van der Waals surface area contributed by atoms with Gasteiger partial charge in [0, 0.05) is 57.4 Å². The van der Waals surface area contributed by atoms with Crippen LogP contribution in [0, 0.1) is 0 Å². The second-order valence-corrected chi connectivity index (χ2v) is 7.79. The summed E-state index contributed by atoms with van der Waals surface area (Å²) < 4.78 is 0. The first-order valence-electron chi connectivity index (χ1n) is 10.4. The van der Waals surface area contributed by atoms with Crippen molar-refractivity contribution >= 4 is 41.5 Å². The molecular formula is C21H35IN6O. The smallest absolute Gasteiger partial charge is 0.227 e. The molecule has 8 heteroatoms. The fourth-order valence-corrected chi connectivity index (χ4v) is 3.75. The predicted octanol–water partition coefficient (Wildman–Crippen LogP) is 1.73. The van der Waals surface area contributed by atoms with Gasteiger partial charge in [0.15, 0.2) is 5.96 Å². The molecule has 7 nitrogen and oxygen atoms in total. The first-order chi connectivity index (χ1) is 13.6. The molecule has 2 aliphatic rings. The summed E-state index contributed by atoms with van der Waals surface area (Å²) >= 11 is 0. The van der Waals surface area contributed by atoms with Crippen LogP contribution in [0.1, 0.15) is 25.3 Å². The molecule has 2 aliphatic heterocycles. The number of anilines is 1. The van der Waals surface area contributed by atoms with Crippen LogP contribution in [-0.4, -0.2) is 81.1 Å². The average molecular weight is 514 g/mol. The molecule has 162 valence electrons. The number of guanidine groups is 1. The molecule has 2 N–H and O–H groups in total. The molecule has 1 aromatic rings. The number of likely N-dealkylation sites (N-methyl/N-ethyl adjacent to an activating group) is 2. The third-order valence-electron chi connectivity index (χ3n) is 5.57. The van der Waals surface area contributed by atoms with Gasteiger partial charge in [-0.05, 0) is 45.1 Å². The fraction of sp³-hybridized carbons (Fsp3) is 0.619. The van der Waals surface area contributed by atoms with E-state index >= 15 is 0 Å². The Bertz CT molecular complexity index is 680. The summed E-state index contributed by atoms with van der Waals surface area (Å²) in [6.07, 6.45) is 1.62. The van der Waals surface area contributed by atoms with Gasteiger partial charge < -0.3 is 20.4 Å². The summed E-state index contributed by atoms with van der Waals surface area (Å²) in [5.74, 6) is 1.07. The Hall–Kier alpha value is -1.39. The SMILES string of the molecule is CCNC(=NCc1ccc(N2CCCC2=O)cc1)NCC1CN(C)CCN1C.I. The highest BCUT2D eigenvalue weighted by Crippen LogP contribution is 2.21. The van der Waals surface area contributed by atoms with Gasteiger partial charge in [0.25, 0.3) is 0 Å². The van der Waals surface area contributed by atoms with Gasteiger partial charge in [0.05, 0.1) is 6.54 Å². The minimum atomic E-state index is 0. The molecular weight excluding hydrogens is 479 g/mol. The van der Waals surface area contributed by atoms with E-state index in [0.717, 1.165) is 62.9 Å². The topological polar surface area (TPSA) is 63.2 Å². The average Bonchev–Trinajstić information content (AvgIpc) is 3.13. The molecule has 1 unspecified atom stereocenters. The third-order valence-corrected chi connectivity index (χ3v) is 5.57. The Morgan fingerprint density at radius 3 is 2.55 bits per heavy atom. The number of hydrogen-bond acceptors (Lipinski definition) is 4. The Morgan fingerprint density at radius 1 is 1.14 bits per heavy atom. The maximum Gasteiger partial charge on any atom is 0.227 e. The molecule has 0 spiro atoms. The Kier molecular flexibility index (Phi) is 9.64. The fourth-order valence-electron chi connectivity index (χ4n) is 3.75. The largest absolute Gasteiger partial charge is 0.357 e. The number of nitrogens with zero attached hydrogens (tertiary/aromatic N) is 4. The number of benzene rings is 1. The van der Waals surface area contributed by atoms with Crippen molar-refractivity contribution in [2.24, 2.45) is 4.99 Å². The molecule has 0 radical (unpaired) electrons. The maximum absolute atomic E-state index is 11.9. The van der Waals surface area contributed by atoms with Crippen LogP contribution in [0.3, 0.4) is 0 Å². The first-order valence-corrected chi connectivity index (χ1v) is 10.4. The normalized spacial score (nSPS) is 21.2. The van der Waals surface area contributed by atoms with Crippen LogP contribution < -0.4 is 15.5 Å². The van der Waals surface area contributed by atoms with E-state index in [1.54, 1.807) is 0 Å². The van der Waals surface area contributed by atoms with Crippen LogP contribution in [0.5, 0.6) is 0 Å². The molecule has 2 fully saturated rings. The number of amides is 1. The van der Waals surface area contributed by atoms with Gasteiger partial charge in [0.1, 0.15) is 0 Å². The standard InChI is InChI=1S/C21H34N6O.HI/c1-4-22-21(24-15-19-16-25(2)12-13-26(19)3)23-14-17-7-9-18(10-8-17)27-11-5-6-20(27)28;/h7-10,19H,4-6,11-16H2,1-3H3,(H2,22,23,24);1H. The van der Waals surface area contributed by atoms with Crippen LogP contribution in [0.25, 0.3) is 0 Å². The molecule has 0 aliphatic carbocycles. The molecule has 1 amide bonds. The van der Waals surface area contributed by atoms with E-state index in [9.17, 15) is 4.79 Å². The summed E-state index contributed by atoms with van der Waals surface area (Å²) in [6.45, 7) is 8.53. The second kappa shape index (κ2) is 11.7. The highest BCUT2D eigenvalue weighted by Gasteiger charge is 2.22. The van der Waals surface area contributed by atoms with E-state index in [2.05, 4.69) is 53.6 Å². The maximum atomic E-state index is 11.9. The van der Waals surface area contributed by atoms with Crippen LogP contribution in [0.4, 0.5) is 5.69 Å². The minimum absolute atomic E-state index is 0. The zero-order valence-electron chi connectivity index (χ0n) is 17.9. The molecule has 2 saturated heterocycles. The van der Waals surface area contributed by atoms with Gasteiger partial charge in [-0.2, -0.15) is 0 Å². The second-order valence-electron chi connectivity index (χ2n) is 7.79. The lowest BCUT2D eigenvalue weighted by Crippen LogP contribution is -2.55. The van der Waals surface area contributed by atoms with E-state index in [4.69, 9.17) is 4.99 Å². The number of halogens is 1. The van der Waals surface area contributed by atoms with Crippen LogP contribution >= 0.6 is 24.0 Å². The van der Waals surface area contributed by atoms with Crippen LogP contribution in [0.2, 0.25) is 0 Å². The van der Waals surface area contributed by atoms with Crippen molar-refractivity contribution in [1.82, 2.24) is 20.4 Å². The summed E-state index contributed by atoms with van der Waals surface area (Å²) in [6, 6.07) is 8.68. The zero-order valence-corrected chi connectivity index (χ0v) is 20.2. The quantitative estimate of drug-likeness (QED) is 0.344. The summed E-state index contributed by atoms with van der Waals surface area (Å²) in [4.78, 5) is 23.3. The van der Waals surface area contributed by atoms with Crippen molar-refractivity contribution in [3.63, 3.8) is 0 Å². The molecule has 1 aromatic carbocycles. The Morgan fingerprint density at radius 2 is 1.90 bits per heavy atom. The van der Waals surface area contributed by atoms with Crippen molar-refractivity contribution in [2.75, 3.05) is 58.3 Å². The van der Waals surface area contributed by atoms with Crippen molar-refractivity contribution in [3.8, 4) is 0 Å². The minimum Gasteiger partial charge on any atom is -0.357 e. The zero-order chi connectivity index (χ0) is 19.9. The number of nitrogens with one attached hydrogen (secondary N) is 2. The lowest BCUT2D eigenvalue weighted by Gasteiger charge is -2.37.